The van der Waals surface area contributed by atoms with Crippen molar-refractivity contribution in [3.63, 3.8) is 0 Å². The van der Waals surface area contributed by atoms with E-state index in [9.17, 15) is 4.79 Å². The Balaban J connectivity index is 1.53. The van der Waals surface area contributed by atoms with E-state index < -0.39 is 0 Å². The molecule has 5 rings (SSSR count). The van der Waals surface area contributed by atoms with Gasteiger partial charge in [0.05, 0.1) is 5.54 Å². The lowest BCUT2D eigenvalue weighted by atomic mass is 9.93. The number of aryl methyl sites for hydroxylation is 1. The number of piperazine rings is 1. The van der Waals surface area contributed by atoms with E-state index in [1.54, 1.807) is 0 Å². The van der Waals surface area contributed by atoms with Gasteiger partial charge < -0.3 is 4.98 Å². The third-order valence-electron chi connectivity index (χ3n) is 7.82. The molecule has 1 N–H and O–H groups in total. The van der Waals surface area contributed by atoms with Crippen LogP contribution in [0.25, 0.3) is 10.9 Å². The van der Waals surface area contributed by atoms with Crippen LogP contribution in [0.4, 0.5) is 0 Å². The van der Waals surface area contributed by atoms with Gasteiger partial charge >= 0.3 is 0 Å². The van der Waals surface area contributed by atoms with Gasteiger partial charge in [-0.1, -0.05) is 32.3 Å². The first-order valence-corrected chi connectivity index (χ1v) is 13.3. The van der Waals surface area contributed by atoms with Crippen LogP contribution in [0.3, 0.4) is 0 Å². The van der Waals surface area contributed by atoms with Crippen molar-refractivity contribution in [2.24, 2.45) is 0 Å². The van der Waals surface area contributed by atoms with Crippen molar-refractivity contribution in [1.29, 1.82) is 0 Å². The molecule has 8 nitrogen and oxygen atoms in total. The summed E-state index contributed by atoms with van der Waals surface area (Å²) in [5, 5.41) is 13.9. The fourth-order valence-electron chi connectivity index (χ4n) is 5.84. The molecule has 1 aromatic carbocycles. The highest BCUT2D eigenvalue weighted by Crippen LogP contribution is 2.31. The predicted molar refractivity (Wildman–Crippen MR) is 139 cm³/mol. The molecule has 0 bridgehead atoms. The molecule has 3 aromatic rings. The number of fused-ring (bicyclic) bond motifs is 1. The van der Waals surface area contributed by atoms with E-state index in [1.807, 2.05) is 10.7 Å². The summed E-state index contributed by atoms with van der Waals surface area (Å²) in [6.45, 7) is 12.3. The maximum atomic E-state index is 13.5. The molecule has 1 saturated carbocycles. The van der Waals surface area contributed by atoms with Crippen LogP contribution in [0.1, 0.15) is 82.8 Å². The summed E-state index contributed by atoms with van der Waals surface area (Å²) in [5.74, 6) is 0.736. The van der Waals surface area contributed by atoms with Gasteiger partial charge in [0.15, 0.2) is 5.82 Å². The van der Waals surface area contributed by atoms with Crippen LogP contribution in [0.2, 0.25) is 0 Å². The second kappa shape index (κ2) is 9.82. The summed E-state index contributed by atoms with van der Waals surface area (Å²) < 4.78 is 1.89. The van der Waals surface area contributed by atoms with E-state index in [0.717, 1.165) is 54.9 Å². The highest BCUT2D eigenvalue weighted by atomic mass is 16.1. The standard InChI is InChI=1S/C27H39N7O/c1-5-19-11-12-23-20(17-19)18-22(26(35)28-23)24(25-29-30-31-34(25)27(2,3)4)33-15-13-32(14-16-33)21-9-7-6-8-10-21/h11-12,17-18,21,24H,5-10,13-16H2,1-4H3,(H,28,35)/t24-/m0/s1. The molecule has 2 fully saturated rings. The Bertz CT molecular complexity index is 1210. The van der Waals surface area contributed by atoms with Crippen LogP contribution < -0.4 is 5.56 Å². The summed E-state index contributed by atoms with van der Waals surface area (Å²) in [7, 11) is 0. The molecular weight excluding hydrogens is 438 g/mol. The van der Waals surface area contributed by atoms with E-state index in [-0.39, 0.29) is 17.1 Å². The van der Waals surface area contributed by atoms with E-state index in [4.69, 9.17) is 0 Å². The third kappa shape index (κ3) is 4.91. The van der Waals surface area contributed by atoms with Gasteiger partial charge in [-0.15, -0.1) is 5.10 Å². The Morgan fingerprint density at radius 1 is 1.06 bits per heavy atom. The SMILES string of the molecule is CCc1ccc2[nH]c(=O)c([C@@H](c3nnnn3C(C)(C)C)N3CCN(C4CCCCC4)CC3)cc2c1. The summed E-state index contributed by atoms with van der Waals surface area (Å²) in [6, 6.07) is 8.75. The largest absolute Gasteiger partial charge is 0.322 e. The number of benzene rings is 1. The number of tetrazole rings is 1. The second-order valence-corrected chi connectivity index (χ2v) is 11.2. The van der Waals surface area contributed by atoms with Gasteiger partial charge in [-0.05, 0) is 79.6 Å². The summed E-state index contributed by atoms with van der Waals surface area (Å²) >= 11 is 0. The van der Waals surface area contributed by atoms with Crippen molar-refractivity contribution in [1.82, 2.24) is 35.0 Å². The molecule has 188 valence electrons. The molecule has 1 atom stereocenters. The van der Waals surface area contributed by atoms with Crippen molar-refractivity contribution in [3.05, 3.63) is 51.6 Å². The maximum Gasteiger partial charge on any atom is 0.253 e. The molecule has 1 aliphatic carbocycles. The fraction of sp³-hybridized carbons (Fsp3) is 0.630. The minimum Gasteiger partial charge on any atom is -0.322 e. The number of nitrogens with one attached hydrogen (secondary N) is 1. The smallest absolute Gasteiger partial charge is 0.253 e. The number of H-pyrrole nitrogens is 1. The molecule has 2 aliphatic rings. The summed E-state index contributed by atoms with van der Waals surface area (Å²) in [5.41, 5.74) is 2.49. The van der Waals surface area contributed by atoms with E-state index >= 15 is 0 Å². The number of hydrogen-bond donors (Lipinski definition) is 1. The molecule has 35 heavy (non-hydrogen) atoms. The first kappa shape index (κ1) is 24.1. The average molecular weight is 478 g/mol. The van der Waals surface area contributed by atoms with Crippen molar-refractivity contribution < 1.29 is 0 Å². The van der Waals surface area contributed by atoms with Crippen molar-refractivity contribution in [3.8, 4) is 0 Å². The Morgan fingerprint density at radius 3 is 2.49 bits per heavy atom. The van der Waals surface area contributed by atoms with Crippen molar-refractivity contribution in [2.75, 3.05) is 26.2 Å². The summed E-state index contributed by atoms with van der Waals surface area (Å²) in [6.07, 6.45) is 7.66. The lowest BCUT2D eigenvalue weighted by molar-refractivity contribution is 0.0606. The monoisotopic (exact) mass is 477 g/mol. The predicted octanol–water partition coefficient (Wildman–Crippen LogP) is 3.87. The zero-order valence-electron chi connectivity index (χ0n) is 21.6. The van der Waals surface area contributed by atoms with Crippen LogP contribution in [-0.2, 0) is 12.0 Å². The quantitative estimate of drug-likeness (QED) is 0.601. The van der Waals surface area contributed by atoms with Gasteiger partial charge in [-0.3, -0.25) is 14.6 Å². The average Bonchev–Trinajstić information content (AvgIpc) is 3.35. The molecule has 0 spiro atoms. The summed E-state index contributed by atoms with van der Waals surface area (Å²) in [4.78, 5) is 21.7. The van der Waals surface area contributed by atoms with Gasteiger partial charge in [0.1, 0.15) is 6.04 Å². The van der Waals surface area contributed by atoms with E-state index in [0.29, 0.717) is 6.04 Å². The Labute approximate surface area is 207 Å². The van der Waals surface area contributed by atoms with Gasteiger partial charge in [0, 0.05) is 43.3 Å². The van der Waals surface area contributed by atoms with Crippen LogP contribution in [0.5, 0.6) is 0 Å². The molecule has 0 radical (unpaired) electrons. The molecule has 3 heterocycles. The number of aromatic nitrogens is 5. The topological polar surface area (TPSA) is 82.9 Å². The number of hydrogen-bond acceptors (Lipinski definition) is 6. The lowest BCUT2D eigenvalue weighted by Crippen LogP contribution is -2.52. The molecule has 1 saturated heterocycles. The molecule has 2 aromatic heterocycles. The maximum absolute atomic E-state index is 13.5. The molecule has 0 amide bonds. The van der Waals surface area contributed by atoms with Crippen LogP contribution >= 0.6 is 0 Å². The highest BCUT2D eigenvalue weighted by Gasteiger charge is 2.36. The molecule has 0 unspecified atom stereocenters. The van der Waals surface area contributed by atoms with Gasteiger partial charge in [0.25, 0.3) is 5.56 Å². The van der Waals surface area contributed by atoms with Gasteiger partial charge in [-0.25, -0.2) is 4.68 Å². The minimum absolute atomic E-state index is 0.0649. The second-order valence-electron chi connectivity index (χ2n) is 11.2. The fourth-order valence-corrected chi connectivity index (χ4v) is 5.84. The van der Waals surface area contributed by atoms with Crippen LogP contribution in [0.15, 0.2) is 29.1 Å². The Hall–Kier alpha value is -2.58. The first-order valence-electron chi connectivity index (χ1n) is 13.3. The normalized spacial score (nSPS) is 19.9. The Kier molecular flexibility index (Phi) is 6.77. The third-order valence-corrected chi connectivity index (χ3v) is 7.82. The number of nitrogens with zero attached hydrogens (tertiary/aromatic N) is 6. The Morgan fingerprint density at radius 2 is 1.80 bits per heavy atom. The van der Waals surface area contributed by atoms with Crippen molar-refractivity contribution in [2.45, 2.75) is 83.8 Å². The molecule has 1 aliphatic heterocycles. The number of aromatic amines is 1. The highest BCUT2D eigenvalue weighted by molar-refractivity contribution is 5.80. The van der Waals surface area contributed by atoms with E-state index in [2.05, 4.69) is 76.2 Å². The zero-order valence-corrected chi connectivity index (χ0v) is 21.6. The van der Waals surface area contributed by atoms with E-state index in [1.165, 1.54) is 37.7 Å². The number of pyridine rings is 1. The molecule has 8 heteroatoms. The van der Waals surface area contributed by atoms with Gasteiger partial charge in [0.2, 0.25) is 0 Å². The van der Waals surface area contributed by atoms with Crippen LogP contribution in [-0.4, -0.2) is 67.2 Å². The zero-order chi connectivity index (χ0) is 24.6. The van der Waals surface area contributed by atoms with Crippen LogP contribution in [0, 0.1) is 0 Å². The number of rotatable bonds is 5. The van der Waals surface area contributed by atoms with Gasteiger partial charge in [-0.2, -0.15) is 0 Å². The van der Waals surface area contributed by atoms with Crippen molar-refractivity contribution >= 4 is 10.9 Å². The molecular formula is C27H39N7O. The first-order chi connectivity index (χ1) is 16.8. The minimum atomic E-state index is -0.295. The lowest BCUT2D eigenvalue weighted by Gasteiger charge is -2.43.